The number of carbonyl (C=O) groups is 1. The first-order valence-electron chi connectivity index (χ1n) is 7.91. The summed E-state index contributed by atoms with van der Waals surface area (Å²) in [5.41, 5.74) is 3.81. The van der Waals surface area contributed by atoms with E-state index in [0.29, 0.717) is 9.90 Å². The summed E-state index contributed by atoms with van der Waals surface area (Å²) in [5, 5.41) is 15.5. The molecule has 128 valence electrons. The quantitative estimate of drug-likeness (QED) is 0.674. The van der Waals surface area contributed by atoms with Crippen molar-refractivity contribution in [3.63, 3.8) is 0 Å². The SMILES string of the molecule is Cc1ccc(-c2ccsc2C(=O)NCC(O)c2ccc(Cl)cc2)cc1. The summed E-state index contributed by atoms with van der Waals surface area (Å²) in [6.07, 6.45) is -0.774. The Bertz CT molecular complexity index is 856. The third-order valence-electron chi connectivity index (χ3n) is 3.94. The molecule has 1 aromatic heterocycles. The summed E-state index contributed by atoms with van der Waals surface area (Å²) in [6, 6.07) is 17.0. The van der Waals surface area contributed by atoms with Gasteiger partial charge in [0.2, 0.25) is 0 Å². The average Bonchev–Trinajstić information content (AvgIpc) is 3.10. The maximum atomic E-state index is 12.5. The second-order valence-electron chi connectivity index (χ2n) is 5.81. The van der Waals surface area contributed by atoms with Gasteiger partial charge in [0.05, 0.1) is 11.0 Å². The van der Waals surface area contributed by atoms with Crippen LogP contribution in [0.3, 0.4) is 0 Å². The van der Waals surface area contributed by atoms with E-state index in [1.807, 2.05) is 42.6 Å². The largest absolute Gasteiger partial charge is 0.387 e. The van der Waals surface area contributed by atoms with Crippen molar-refractivity contribution < 1.29 is 9.90 Å². The molecular weight excluding hydrogens is 354 g/mol. The minimum Gasteiger partial charge on any atom is -0.387 e. The van der Waals surface area contributed by atoms with E-state index in [1.54, 1.807) is 24.3 Å². The molecular formula is C20H18ClNO2S. The number of aryl methyl sites for hydroxylation is 1. The van der Waals surface area contributed by atoms with Crippen LogP contribution < -0.4 is 5.32 Å². The average molecular weight is 372 g/mol. The molecule has 5 heteroatoms. The lowest BCUT2D eigenvalue weighted by atomic mass is 10.0. The van der Waals surface area contributed by atoms with Crippen molar-refractivity contribution in [2.24, 2.45) is 0 Å². The van der Waals surface area contributed by atoms with Gasteiger partial charge in [-0.05, 0) is 41.6 Å². The lowest BCUT2D eigenvalue weighted by Gasteiger charge is -2.12. The molecule has 0 bridgehead atoms. The maximum absolute atomic E-state index is 12.5. The maximum Gasteiger partial charge on any atom is 0.262 e. The molecule has 1 amide bonds. The fourth-order valence-electron chi connectivity index (χ4n) is 2.52. The number of nitrogens with one attached hydrogen (secondary N) is 1. The van der Waals surface area contributed by atoms with Crippen LogP contribution in [0, 0.1) is 6.92 Å². The number of benzene rings is 2. The monoisotopic (exact) mass is 371 g/mol. The number of aliphatic hydroxyl groups is 1. The molecule has 0 aliphatic carbocycles. The first-order valence-corrected chi connectivity index (χ1v) is 9.16. The molecule has 0 saturated carbocycles. The van der Waals surface area contributed by atoms with Crippen molar-refractivity contribution in [3.8, 4) is 11.1 Å². The van der Waals surface area contributed by atoms with Crippen molar-refractivity contribution in [1.82, 2.24) is 5.32 Å². The van der Waals surface area contributed by atoms with Gasteiger partial charge in [0.1, 0.15) is 0 Å². The molecule has 25 heavy (non-hydrogen) atoms. The first kappa shape index (κ1) is 17.7. The van der Waals surface area contributed by atoms with Crippen molar-refractivity contribution in [1.29, 1.82) is 0 Å². The van der Waals surface area contributed by atoms with Crippen molar-refractivity contribution in [2.75, 3.05) is 6.54 Å². The third-order valence-corrected chi connectivity index (χ3v) is 5.11. The number of halogens is 1. The van der Waals surface area contributed by atoms with Crippen LogP contribution in [0.25, 0.3) is 11.1 Å². The lowest BCUT2D eigenvalue weighted by molar-refractivity contribution is 0.0921. The van der Waals surface area contributed by atoms with Gasteiger partial charge in [-0.25, -0.2) is 0 Å². The summed E-state index contributed by atoms with van der Waals surface area (Å²) in [4.78, 5) is 13.2. The van der Waals surface area contributed by atoms with Gasteiger partial charge in [0.15, 0.2) is 0 Å². The number of carbonyl (C=O) groups excluding carboxylic acids is 1. The predicted octanol–water partition coefficient (Wildman–Crippen LogP) is 4.84. The Hall–Kier alpha value is -2.14. The van der Waals surface area contributed by atoms with E-state index in [-0.39, 0.29) is 12.5 Å². The van der Waals surface area contributed by atoms with Crippen LogP contribution in [0.4, 0.5) is 0 Å². The third kappa shape index (κ3) is 4.28. The number of hydrogen-bond donors (Lipinski definition) is 2. The van der Waals surface area contributed by atoms with Crippen molar-refractivity contribution in [2.45, 2.75) is 13.0 Å². The lowest BCUT2D eigenvalue weighted by Crippen LogP contribution is -2.28. The van der Waals surface area contributed by atoms with Crippen LogP contribution in [-0.2, 0) is 0 Å². The number of hydrogen-bond acceptors (Lipinski definition) is 3. The second-order valence-corrected chi connectivity index (χ2v) is 7.16. The van der Waals surface area contributed by atoms with E-state index in [9.17, 15) is 9.90 Å². The summed E-state index contributed by atoms with van der Waals surface area (Å²) in [6.45, 7) is 2.18. The zero-order valence-corrected chi connectivity index (χ0v) is 15.3. The minimum absolute atomic E-state index is 0.145. The standard InChI is InChI=1S/C20H18ClNO2S/c1-13-2-4-14(5-3-13)17-10-11-25-19(17)20(24)22-12-18(23)15-6-8-16(21)9-7-15/h2-11,18,23H,12H2,1H3,(H,22,24). The predicted molar refractivity (Wildman–Crippen MR) is 103 cm³/mol. The molecule has 3 aromatic rings. The fraction of sp³-hybridized carbons (Fsp3) is 0.150. The van der Waals surface area contributed by atoms with Crippen LogP contribution in [0.2, 0.25) is 5.02 Å². The molecule has 0 radical (unpaired) electrons. The molecule has 2 N–H and O–H groups in total. The van der Waals surface area contributed by atoms with Gasteiger partial charge < -0.3 is 10.4 Å². The van der Waals surface area contributed by atoms with E-state index in [4.69, 9.17) is 11.6 Å². The Balaban J connectivity index is 1.69. The molecule has 0 fully saturated rings. The highest BCUT2D eigenvalue weighted by atomic mass is 35.5. The number of thiophene rings is 1. The van der Waals surface area contributed by atoms with Gasteiger partial charge in [-0.1, -0.05) is 53.6 Å². The molecule has 2 aromatic carbocycles. The Kier molecular flexibility index (Phi) is 5.53. The Morgan fingerprint density at radius 3 is 2.48 bits per heavy atom. The zero-order chi connectivity index (χ0) is 17.8. The molecule has 1 atom stereocenters. The molecule has 3 nitrogen and oxygen atoms in total. The number of amides is 1. The molecule has 0 saturated heterocycles. The van der Waals surface area contributed by atoms with Gasteiger partial charge in [-0.15, -0.1) is 11.3 Å². The summed E-state index contributed by atoms with van der Waals surface area (Å²) >= 11 is 7.24. The van der Waals surface area contributed by atoms with Crippen LogP contribution >= 0.6 is 22.9 Å². The highest BCUT2D eigenvalue weighted by molar-refractivity contribution is 7.12. The van der Waals surface area contributed by atoms with Gasteiger partial charge >= 0.3 is 0 Å². The molecule has 3 rings (SSSR count). The van der Waals surface area contributed by atoms with E-state index < -0.39 is 6.10 Å². The summed E-state index contributed by atoms with van der Waals surface area (Å²) in [7, 11) is 0. The topological polar surface area (TPSA) is 49.3 Å². The smallest absolute Gasteiger partial charge is 0.262 e. The fourth-order valence-corrected chi connectivity index (χ4v) is 3.48. The molecule has 1 unspecified atom stereocenters. The normalized spacial score (nSPS) is 12.0. The Morgan fingerprint density at radius 2 is 1.80 bits per heavy atom. The molecule has 0 aliphatic rings. The number of aliphatic hydroxyl groups excluding tert-OH is 1. The van der Waals surface area contributed by atoms with Gasteiger partial charge in [-0.3, -0.25) is 4.79 Å². The highest BCUT2D eigenvalue weighted by Gasteiger charge is 2.16. The zero-order valence-electron chi connectivity index (χ0n) is 13.7. The van der Waals surface area contributed by atoms with E-state index in [2.05, 4.69) is 5.32 Å². The van der Waals surface area contributed by atoms with Crippen LogP contribution in [0.5, 0.6) is 0 Å². The summed E-state index contributed by atoms with van der Waals surface area (Å²) in [5.74, 6) is -0.182. The van der Waals surface area contributed by atoms with Gasteiger partial charge in [-0.2, -0.15) is 0 Å². The highest BCUT2D eigenvalue weighted by Crippen LogP contribution is 2.28. The van der Waals surface area contributed by atoms with Gasteiger partial charge in [0.25, 0.3) is 5.91 Å². The molecule has 1 heterocycles. The molecule has 0 aliphatic heterocycles. The van der Waals surface area contributed by atoms with Crippen molar-refractivity contribution >= 4 is 28.8 Å². The van der Waals surface area contributed by atoms with Gasteiger partial charge in [0, 0.05) is 17.1 Å². The number of rotatable bonds is 5. The van der Waals surface area contributed by atoms with Crippen LogP contribution in [-0.4, -0.2) is 17.6 Å². The van der Waals surface area contributed by atoms with Crippen LogP contribution in [0.15, 0.2) is 60.0 Å². The van der Waals surface area contributed by atoms with Crippen LogP contribution in [0.1, 0.15) is 26.9 Å². The van der Waals surface area contributed by atoms with E-state index in [1.165, 1.54) is 16.9 Å². The second kappa shape index (κ2) is 7.83. The Labute approximate surface area is 155 Å². The minimum atomic E-state index is -0.774. The first-order chi connectivity index (χ1) is 12.0. The Morgan fingerprint density at radius 1 is 1.12 bits per heavy atom. The summed E-state index contributed by atoms with van der Waals surface area (Å²) < 4.78 is 0. The van der Waals surface area contributed by atoms with Crippen molar-refractivity contribution in [3.05, 3.63) is 81.0 Å². The molecule has 0 spiro atoms. The van der Waals surface area contributed by atoms with E-state index >= 15 is 0 Å². The van der Waals surface area contributed by atoms with E-state index in [0.717, 1.165) is 16.7 Å².